The van der Waals surface area contributed by atoms with Gasteiger partial charge in [0.2, 0.25) is 0 Å². The molecule has 2 aliphatic carbocycles. The SMILES string of the molecule is c1ccc2c(c1)ccc1c3c(ccc12)CCC(c1ccoc1Oc1occc1C1CCc2ccc4c(ccc5ccccc54)c2C1)C3. The van der Waals surface area contributed by atoms with Gasteiger partial charge in [0.25, 0.3) is 11.9 Å². The molecule has 0 bridgehead atoms. The summed E-state index contributed by atoms with van der Waals surface area (Å²) in [6, 6.07) is 40.1. The molecule has 0 fully saturated rings. The van der Waals surface area contributed by atoms with Crippen molar-refractivity contribution in [1.29, 1.82) is 0 Å². The van der Waals surface area contributed by atoms with E-state index in [0.29, 0.717) is 23.7 Å². The van der Waals surface area contributed by atoms with E-state index in [1.165, 1.54) is 65.3 Å². The maximum Gasteiger partial charge on any atom is 0.295 e. The quantitative estimate of drug-likeness (QED) is 0.186. The summed E-state index contributed by atoms with van der Waals surface area (Å²) in [7, 11) is 0. The van der Waals surface area contributed by atoms with E-state index in [1.54, 1.807) is 12.5 Å². The second-order valence-electron chi connectivity index (χ2n) is 13.5. The monoisotopic (exact) mass is 610 g/mol. The number of ether oxygens (including phenoxy) is 1. The summed E-state index contributed by atoms with van der Waals surface area (Å²) in [6.45, 7) is 0. The topological polar surface area (TPSA) is 35.5 Å². The number of furan rings is 2. The standard InChI is InChI=1S/C44H34O3/c1-3-7-33-27(5-1)13-19-39-37(33)17-15-29-9-11-31(25-41(29)39)35-21-23-45-43(35)47-44-36(22-24-46-44)32-12-10-30-16-18-38-34-8-4-2-6-28(34)14-20-40(38)42(30)26-32/h1-8,13-24,31-32H,9-12,25-26H2. The van der Waals surface area contributed by atoms with Crippen LogP contribution < -0.4 is 4.74 Å². The van der Waals surface area contributed by atoms with Gasteiger partial charge in [0.15, 0.2) is 0 Å². The third kappa shape index (κ3) is 4.33. The Labute approximate surface area is 273 Å². The first-order chi connectivity index (χ1) is 23.3. The summed E-state index contributed by atoms with van der Waals surface area (Å²) in [4.78, 5) is 0. The molecule has 0 aliphatic heterocycles. The maximum atomic E-state index is 6.56. The summed E-state index contributed by atoms with van der Waals surface area (Å²) in [6.07, 6.45) is 9.69. The van der Waals surface area contributed by atoms with Crippen molar-refractivity contribution in [3.63, 3.8) is 0 Å². The number of fused-ring (bicyclic) bond motifs is 10. The Bertz CT molecular complexity index is 2300. The van der Waals surface area contributed by atoms with E-state index in [4.69, 9.17) is 13.6 Å². The molecule has 0 spiro atoms. The van der Waals surface area contributed by atoms with Crippen molar-refractivity contribution < 1.29 is 13.6 Å². The van der Waals surface area contributed by atoms with Gasteiger partial charge in [-0.1, -0.05) is 97.1 Å². The number of aryl methyl sites for hydroxylation is 2. The Kier molecular flexibility index (Phi) is 6.09. The third-order valence-corrected chi connectivity index (χ3v) is 11.1. The largest absolute Gasteiger partial charge is 0.434 e. The van der Waals surface area contributed by atoms with Gasteiger partial charge in [0, 0.05) is 11.1 Å². The van der Waals surface area contributed by atoms with Crippen LogP contribution in [-0.2, 0) is 25.7 Å². The molecule has 2 heterocycles. The van der Waals surface area contributed by atoms with Crippen LogP contribution in [0.3, 0.4) is 0 Å². The van der Waals surface area contributed by atoms with Crippen molar-refractivity contribution in [2.75, 3.05) is 0 Å². The van der Waals surface area contributed by atoms with Crippen LogP contribution >= 0.6 is 0 Å². The van der Waals surface area contributed by atoms with Gasteiger partial charge in [0.05, 0.1) is 12.5 Å². The predicted octanol–water partition coefficient (Wildman–Crippen LogP) is 11.8. The number of benzene rings is 6. The van der Waals surface area contributed by atoms with Crippen molar-refractivity contribution in [2.24, 2.45) is 0 Å². The van der Waals surface area contributed by atoms with Gasteiger partial charge in [0.1, 0.15) is 0 Å². The molecule has 10 rings (SSSR count). The molecular weight excluding hydrogens is 576 g/mol. The van der Waals surface area contributed by atoms with E-state index in [-0.39, 0.29) is 0 Å². The third-order valence-electron chi connectivity index (χ3n) is 11.1. The molecule has 0 saturated carbocycles. The molecule has 3 heteroatoms. The Morgan fingerprint density at radius 1 is 0.447 bits per heavy atom. The van der Waals surface area contributed by atoms with Gasteiger partial charge >= 0.3 is 0 Å². The van der Waals surface area contributed by atoms with E-state index >= 15 is 0 Å². The van der Waals surface area contributed by atoms with Crippen molar-refractivity contribution in [3.8, 4) is 11.9 Å². The number of hydrogen-bond donors (Lipinski definition) is 0. The fourth-order valence-electron chi connectivity index (χ4n) is 8.70. The second kappa shape index (κ2) is 10.6. The molecule has 0 saturated heterocycles. The van der Waals surface area contributed by atoms with Crippen molar-refractivity contribution >= 4 is 43.1 Å². The van der Waals surface area contributed by atoms with Crippen molar-refractivity contribution in [1.82, 2.24) is 0 Å². The van der Waals surface area contributed by atoms with Gasteiger partial charge in [-0.15, -0.1) is 0 Å². The molecule has 8 aromatic rings. The van der Waals surface area contributed by atoms with Crippen LogP contribution in [0.25, 0.3) is 43.1 Å². The normalized spacial score (nSPS) is 17.7. The first-order valence-electron chi connectivity index (χ1n) is 17.0. The Morgan fingerprint density at radius 3 is 1.43 bits per heavy atom. The molecule has 2 atom stereocenters. The highest BCUT2D eigenvalue weighted by Crippen LogP contribution is 2.45. The van der Waals surface area contributed by atoms with E-state index in [2.05, 4.69) is 109 Å². The fourth-order valence-corrected chi connectivity index (χ4v) is 8.70. The molecule has 228 valence electrons. The van der Waals surface area contributed by atoms with Crippen LogP contribution in [0.2, 0.25) is 0 Å². The summed E-state index contributed by atoms with van der Waals surface area (Å²) in [5.74, 6) is 1.76. The smallest absolute Gasteiger partial charge is 0.295 e. The minimum atomic E-state index is 0.314. The first-order valence-corrected chi connectivity index (χ1v) is 17.0. The lowest BCUT2D eigenvalue weighted by Gasteiger charge is -2.27. The molecule has 2 unspecified atom stereocenters. The van der Waals surface area contributed by atoms with E-state index in [1.807, 2.05) is 0 Å². The summed E-state index contributed by atoms with van der Waals surface area (Å²) in [5, 5.41) is 10.6. The van der Waals surface area contributed by atoms with Gasteiger partial charge in [-0.25, -0.2) is 0 Å². The maximum absolute atomic E-state index is 6.56. The van der Waals surface area contributed by atoms with E-state index < -0.39 is 0 Å². The molecule has 0 amide bonds. The Balaban J connectivity index is 0.950. The van der Waals surface area contributed by atoms with E-state index in [9.17, 15) is 0 Å². The lowest BCUT2D eigenvalue weighted by atomic mass is 9.78. The predicted molar refractivity (Wildman–Crippen MR) is 190 cm³/mol. The Hall–Kier alpha value is -5.28. The molecule has 0 radical (unpaired) electrons. The van der Waals surface area contributed by atoms with Gasteiger partial charge < -0.3 is 13.6 Å². The zero-order chi connectivity index (χ0) is 30.9. The molecule has 47 heavy (non-hydrogen) atoms. The molecule has 6 aromatic carbocycles. The lowest BCUT2D eigenvalue weighted by molar-refractivity contribution is 0.269. The summed E-state index contributed by atoms with van der Waals surface area (Å²) >= 11 is 0. The molecule has 0 N–H and O–H groups in total. The highest BCUT2D eigenvalue weighted by atomic mass is 16.6. The van der Waals surface area contributed by atoms with Crippen LogP contribution in [0, 0.1) is 0 Å². The van der Waals surface area contributed by atoms with Gasteiger partial charge in [-0.2, -0.15) is 0 Å². The van der Waals surface area contributed by atoms with Crippen molar-refractivity contribution in [2.45, 2.75) is 50.4 Å². The number of hydrogen-bond acceptors (Lipinski definition) is 3. The average Bonchev–Trinajstić information content (AvgIpc) is 3.80. The van der Waals surface area contributed by atoms with Gasteiger partial charge in [-0.05, 0) is 128 Å². The van der Waals surface area contributed by atoms with E-state index in [0.717, 1.165) is 49.7 Å². The van der Waals surface area contributed by atoms with Crippen molar-refractivity contribution in [3.05, 3.63) is 155 Å². The lowest BCUT2D eigenvalue weighted by Crippen LogP contribution is -2.14. The molecule has 2 aromatic heterocycles. The highest BCUT2D eigenvalue weighted by Gasteiger charge is 2.30. The minimum absolute atomic E-state index is 0.314. The highest BCUT2D eigenvalue weighted by molar-refractivity contribution is 6.09. The summed E-state index contributed by atoms with van der Waals surface area (Å²) in [5.41, 5.74) is 8.08. The Morgan fingerprint density at radius 2 is 0.915 bits per heavy atom. The van der Waals surface area contributed by atoms with Crippen LogP contribution in [0.15, 0.2) is 131 Å². The first kappa shape index (κ1) is 26.9. The average molecular weight is 611 g/mol. The second-order valence-corrected chi connectivity index (χ2v) is 13.5. The molecule has 2 aliphatic rings. The van der Waals surface area contributed by atoms with Crippen LogP contribution in [0.4, 0.5) is 0 Å². The van der Waals surface area contributed by atoms with Gasteiger partial charge in [-0.3, -0.25) is 0 Å². The zero-order valence-corrected chi connectivity index (χ0v) is 26.2. The fraction of sp³-hybridized carbons (Fsp3) is 0.182. The summed E-state index contributed by atoms with van der Waals surface area (Å²) < 4.78 is 18.6. The minimum Gasteiger partial charge on any atom is -0.434 e. The zero-order valence-electron chi connectivity index (χ0n) is 26.2. The molecular formula is C44H34O3. The molecule has 3 nitrogen and oxygen atoms in total. The van der Waals surface area contributed by atoms with Crippen LogP contribution in [0.5, 0.6) is 11.9 Å². The van der Waals surface area contributed by atoms with Crippen LogP contribution in [-0.4, -0.2) is 0 Å². The number of rotatable bonds is 4. The van der Waals surface area contributed by atoms with Crippen LogP contribution in [0.1, 0.15) is 58.1 Å².